The van der Waals surface area contributed by atoms with E-state index in [0.717, 1.165) is 44.8 Å². The zero-order valence-electron chi connectivity index (χ0n) is 17.9. The smallest absolute Gasteiger partial charge is 0.410 e. The van der Waals surface area contributed by atoms with Gasteiger partial charge in [-0.15, -0.1) is 0 Å². The Kier molecular flexibility index (Phi) is 9.06. The van der Waals surface area contributed by atoms with Crippen LogP contribution in [-0.2, 0) is 9.47 Å². The first-order chi connectivity index (χ1) is 13.3. The van der Waals surface area contributed by atoms with E-state index in [1.54, 1.807) is 4.90 Å². The Morgan fingerprint density at radius 2 is 1.93 bits per heavy atom. The number of carbonyl (C=O) groups excluding carboxylic acids is 1. The number of benzene rings is 1. The highest BCUT2D eigenvalue weighted by atomic mass is 16.6. The molecule has 1 heterocycles. The minimum atomic E-state index is -0.453. The molecular weight excluding hydrogens is 356 g/mol. The number of para-hydroxylation sites is 1. The van der Waals surface area contributed by atoms with Gasteiger partial charge in [-0.2, -0.15) is 0 Å². The lowest BCUT2D eigenvalue weighted by Gasteiger charge is -2.35. The number of hydrogen-bond acceptors (Lipinski definition) is 5. The van der Waals surface area contributed by atoms with Crippen molar-refractivity contribution in [2.75, 3.05) is 53.0 Å². The molecule has 1 unspecified atom stereocenters. The maximum absolute atomic E-state index is 12.1. The highest BCUT2D eigenvalue weighted by molar-refractivity contribution is 5.67. The Bertz CT molecular complexity index is 574. The second kappa shape index (κ2) is 11.3. The summed E-state index contributed by atoms with van der Waals surface area (Å²) in [7, 11) is 1.82. The van der Waals surface area contributed by atoms with E-state index in [4.69, 9.17) is 14.2 Å². The Balaban J connectivity index is 1.59. The van der Waals surface area contributed by atoms with Crippen LogP contribution < -0.4 is 4.74 Å². The Morgan fingerprint density at radius 1 is 1.18 bits per heavy atom. The van der Waals surface area contributed by atoms with Gasteiger partial charge in [0.15, 0.2) is 0 Å². The monoisotopic (exact) mass is 392 g/mol. The Hall–Kier alpha value is -1.79. The van der Waals surface area contributed by atoms with Gasteiger partial charge in [-0.3, -0.25) is 0 Å². The van der Waals surface area contributed by atoms with Crippen LogP contribution in [0.1, 0.15) is 33.6 Å². The molecule has 2 rings (SSSR count). The number of piperidine rings is 1. The highest BCUT2D eigenvalue weighted by Crippen LogP contribution is 2.18. The van der Waals surface area contributed by atoms with Crippen LogP contribution >= 0.6 is 0 Å². The fraction of sp³-hybridized carbons (Fsp3) is 0.682. The van der Waals surface area contributed by atoms with Gasteiger partial charge < -0.3 is 24.0 Å². The summed E-state index contributed by atoms with van der Waals surface area (Å²) in [5.41, 5.74) is -0.453. The molecule has 1 saturated heterocycles. The standard InChI is InChI=1S/C22H36N2O4/c1-22(2,3)28-21(25)23(4)17-19-9-8-12-24(18-19)13-14-26-15-16-27-20-10-6-5-7-11-20/h5-7,10-11,19H,8-9,12-18H2,1-4H3. The van der Waals surface area contributed by atoms with Crippen molar-refractivity contribution in [1.82, 2.24) is 9.80 Å². The first-order valence-corrected chi connectivity index (χ1v) is 10.3. The molecule has 6 heteroatoms. The lowest BCUT2D eigenvalue weighted by molar-refractivity contribution is 0.0227. The first-order valence-electron chi connectivity index (χ1n) is 10.3. The molecule has 1 aromatic rings. The van der Waals surface area contributed by atoms with E-state index in [-0.39, 0.29) is 6.09 Å². The lowest BCUT2D eigenvalue weighted by atomic mass is 9.97. The lowest BCUT2D eigenvalue weighted by Crippen LogP contribution is -2.43. The van der Waals surface area contributed by atoms with E-state index >= 15 is 0 Å². The molecule has 0 saturated carbocycles. The van der Waals surface area contributed by atoms with Crippen molar-refractivity contribution in [2.45, 2.75) is 39.2 Å². The van der Waals surface area contributed by atoms with Crippen molar-refractivity contribution >= 4 is 6.09 Å². The molecule has 1 atom stereocenters. The van der Waals surface area contributed by atoms with E-state index in [9.17, 15) is 4.79 Å². The summed E-state index contributed by atoms with van der Waals surface area (Å²) in [6, 6.07) is 9.79. The van der Waals surface area contributed by atoms with E-state index in [0.29, 0.717) is 25.7 Å². The van der Waals surface area contributed by atoms with Crippen molar-refractivity contribution in [1.29, 1.82) is 0 Å². The third kappa shape index (κ3) is 8.93. The van der Waals surface area contributed by atoms with Crippen LogP contribution in [0.5, 0.6) is 5.75 Å². The second-order valence-corrected chi connectivity index (χ2v) is 8.44. The molecule has 0 spiro atoms. The molecule has 1 aliphatic rings. The molecule has 1 amide bonds. The molecule has 28 heavy (non-hydrogen) atoms. The molecule has 0 bridgehead atoms. The van der Waals surface area contributed by atoms with Gasteiger partial charge in [0.05, 0.1) is 13.2 Å². The number of hydrogen-bond donors (Lipinski definition) is 0. The second-order valence-electron chi connectivity index (χ2n) is 8.44. The number of amides is 1. The largest absolute Gasteiger partial charge is 0.491 e. The van der Waals surface area contributed by atoms with Crippen LogP contribution in [-0.4, -0.2) is 74.5 Å². The fourth-order valence-corrected chi connectivity index (χ4v) is 3.34. The van der Waals surface area contributed by atoms with Gasteiger partial charge in [-0.25, -0.2) is 4.79 Å². The van der Waals surface area contributed by atoms with Crippen LogP contribution in [0.2, 0.25) is 0 Å². The maximum Gasteiger partial charge on any atom is 0.410 e. The number of carbonyl (C=O) groups is 1. The summed E-state index contributed by atoms with van der Waals surface area (Å²) in [6.07, 6.45) is 2.06. The zero-order chi connectivity index (χ0) is 20.4. The SMILES string of the molecule is CN(CC1CCCN(CCOCCOc2ccccc2)C1)C(=O)OC(C)(C)C. The molecule has 0 aromatic heterocycles. The van der Waals surface area contributed by atoms with Crippen LogP contribution in [0, 0.1) is 5.92 Å². The van der Waals surface area contributed by atoms with Crippen LogP contribution in [0.15, 0.2) is 30.3 Å². The third-order valence-corrected chi connectivity index (χ3v) is 4.63. The molecular formula is C22H36N2O4. The normalized spacial score (nSPS) is 17.9. The number of ether oxygens (including phenoxy) is 3. The first kappa shape index (κ1) is 22.5. The molecule has 0 N–H and O–H groups in total. The number of likely N-dealkylation sites (tertiary alicyclic amines) is 1. The topological polar surface area (TPSA) is 51.2 Å². The number of nitrogens with zero attached hydrogens (tertiary/aromatic N) is 2. The molecule has 1 aliphatic heterocycles. The van der Waals surface area contributed by atoms with Gasteiger partial charge >= 0.3 is 6.09 Å². The van der Waals surface area contributed by atoms with Crippen LogP contribution in [0.4, 0.5) is 4.79 Å². The van der Waals surface area contributed by atoms with Gasteiger partial charge in [0, 0.05) is 26.7 Å². The molecule has 158 valence electrons. The van der Waals surface area contributed by atoms with E-state index in [2.05, 4.69) is 4.90 Å². The Labute approximate surface area is 169 Å². The minimum absolute atomic E-state index is 0.244. The maximum atomic E-state index is 12.1. The van der Waals surface area contributed by atoms with Gasteiger partial charge in [0.1, 0.15) is 18.0 Å². The molecule has 6 nitrogen and oxygen atoms in total. The van der Waals surface area contributed by atoms with Crippen LogP contribution in [0.25, 0.3) is 0 Å². The third-order valence-electron chi connectivity index (χ3n) is 4.63. The molecule has 1 fully saturated rings. The summed E-state index contributed by atoms with van der Waals surface area (Å²) in [5.74, 6) is 1.35. The average molecular weight is 393 g/mol. The summed E-state index contributed by atoms with van der Waals surface area (Å²) < 4.78 is 16.8. The predicted octanol–water partition coefficient (Wildman–Crippen LogP) is 3.66. The van der Waals surface area contributed by atoms with Gasteiger partial charge in [0.25, 0.3) is 0 Å². The summed E-state index contributed by atoms with van der Waals surface area (Å²) in [5, 5.41) is 0. The Morgan fingerprint density at radius 3 is 2.64 bits per heavy atom. The van der Waals surface area contributed by atoms with Gasteiger partial charge in [0.2, 0.25) is 0 Å². The number of rotatable bonds is 9. The summed E-state index contributed by atoms with van der Waals surface area (Å²) in [6.45, 7) is 11.3. The van der Waals surface area contributed by atoms with E-state index in [1.807, 2.05) is 58.2 Å². The van der Waals surface area contributed by atoms with Crippen molar-refractivity contribution in [3.05, 3.63) is 30.3 Å². The van der Waals surface area contributed by atoms with Crippen molar-refractivity contribution < 1.29 is 19.0 Å². The van der Waals surface area contributed by atoms with E-state index in [1.165, 1.54) is 0 Å². The van der Waals surface area contributed by atoms with Crippen LogP contribution in [0.3, 0.4) is 0 Å². The fourth-order valence-electron chi connectivity index (χ4n) is 3.34. The van der Waals surface area contributed by atoms with E-state index < -0.39 is 5.60 Å². The van der Waals surface area contributed by atoms with Gasteiger partial charge in [-0.05, 0) is 58.2 Å². The average Bonchev–Trinajstić information content (AvgIpc) is 2.64. The quantitative estimate of drug-likeness (QED) is 0.600. The van der Waals surface area contributed by atoms with Crippen molar-refractivity contribution in [2.24, 2.45) is 5.92 Å². The zero-order valence-corrected chi connectivity index (χ0v) is 17.9. The predicted molar refractivity (Wildman–Crippen MR) is 111 cm³/mol. The summed E-state index contributed by atoms with van der Waals surface area (Å²) in [4.78, 5) is 16.3. The highest BCUT2D eigenvalue weighted by Gasteiger charge is 2.25. The summed E-state index contributed by atoms with van der Waals surface area (Å²) >= 11 is 0. The molecule has 0 radical (unpaired) electrons. The van der Waals surface area contributed by atoms with Gasteiger partial charge in [-0.1, -0.05) is 18.2 Å². The minimum Gasteiger partial charge on any atom is -0.491 e. The van der Waals surface area contributed by atoms with Crippen molar-refractivity contribution in [3.8, 4) is 5.75 Å². The molecule has 0 aliphatic carbocycles. The van der Waals surface area contributed by atoms with Crippen molar-refractivity contribution in [3.63, 3.8) is 0 Å². The molecule has 1 aromatic carbocycles.